The fourth-order valence-corrected chi connectivity index (χ4v) is 2.70. The average molecular weight is 266 g/mol. The highest BCUT2D eigenvalue weighted by atomic mass is 15.6. The van der Waals surface area contributed by atoms with Crippen LogP contribution in [0.25, 0.3) is 0 Å². The maximum atomic E-state index is 4.30. The molecule has 2 rings (SSSR count). The van der Waals surface area contributed by atoms with Gasteiger partial charge in [0.1, 0.15) is 0 Å². The molecule has 19 heavy (non-hydrogen) atoms. The lowest BCUT2D eigenvalue weighted by molar-refractivity contribution is 0.0143. The van der Waals surface area contributed by atoms with Crippen molar-refractivity contribution in [3.63, 3.8) is 0 Å². The minimum absolute atomic E-state index is 0.118. The Bertz CT molecular complexity index is 421. The first-order valence-electron chi connectivity index (χ1n) is 7.14. The first-order chi connectivity index (χ1) is 8.91. The van der Waals surface area contributed by atoms with Gasteiger partial charge in [-0.3, -0.25) is 4.90 Å². The molecule has 0 aromatic carbocycles. The van der Waals surface area contributed by atoms with Crippen molar-refractivity contribution in [2.24, 2.45) is 7.05 Å². The predicted molar refractivity (Wildman–Crippen MR) is 74.6 cm³/mol. The number of piperazine rings is 1. The lowest BCUT2D eigenvalue weighted by Crippen LogP contribution is -2.67. The quantitative estimate of drug-likeness (QED) is 0.879. The van der Waals surface area contributed by atoms with E-state index in [1.807, 2.05) is 7.05 Å². The summed E-state index contributed by atoms with van der Waals surface area (Å²) in [7, 11) is 1.81. The smallest absolute Gasteiger partial charge is 0.188 e. The van der Waals surface area contributed by atoms with Crippen LogP contribution in [0.5, 0.6) is 0 Å². The molecule has 1 aliphatic heterocycles. The predicted octanol–water partition coefficient (Wildman–Crippen LogP) is 0.953. The summed E-state index contributed by atoms with van der Waals surface area (Å²) in [6.07, 6.45) is 2.29. The number of rotatable bonds is 4. The first-order valence-corrected chi connectivity index (χ1v) is 7.14. The van der Waals surface area contributed by atoms with Gasteiger partial charge >= 0.3 is 0 Å². The van der Waals surface area contributed by atoms with Gasteiger partial charge in [0.15, 0.2) is 5.82 Å². The highest BCUT2D eigenvalue weighted by Crippen LogP contribution is 2.28. The molecule has 1 fully saturated rings. The van der Waals surface area contributed by atoms with Gasteiger partial charge in [-0.05, 0) is 31.9 Å². The molecule has 1 aromatic heterocycles. The summed E-state index contributed by atoms with van der Waals surface area (Å²) in [5.41, 5.74) is 0.338. The molecule has 0 unspecified atom stereocenters. The number of tetrazole rings is 1. The maximum Gasteiger partial charge on any atom is 0.188 e. The molecule has 0 spiro atoms. The fourth-order valence-electron chi connectivity index (χ4n) is 2.70. The second-order valence-corrected chi connectivity index (χ2v) is 6.20. The molecule has 1 saturated heterocycles. The Labute approximate surface area is 115 Å². The molecule has 108 valence electrons. The Morgan fingerprint density at radius 3 is 2.47 bits per heavy atom. The highest BCUT2D eigenvalue weighted by Gasteiger charge is 2.41. The minimum Gasteiger partial charge on any atom is -0.308 e. The number of aryl methyl sites for hydroxylation is 1. The fraction of sp³-hybridized carbons (Fsp3) is 0.923. The normalized spacial score (nSPS) is 22.6. The number of hydrogen-bond donors (Lipinski definition) is 1. The van der Waals surface area contributed by atoms with Gasteiger partial charge in [-0.25, -0.2) is 0 Å². The zero-order valence-corrected chi connectivity index (χ0v) is 12.8. The lowest BCUT2D eigenvalue weighted by Gasteiger charge is -2.51. The molecule has 6 nitrogen and oxygen atoms in total. The molecule has 0 radical (unpaired) electrons. The van der Waals surface area contributed by atoms with E-state index in [-0.39, 0.29) is 11.1 Å². The largest absolute Gasteiger partial charge is 0.308 e. The van der Waals surface area contributed by atoms with E-state index in [1.165, 1.54) is 4.80 Å². The molecule has 2 heterocycles. The number of nitrogens with one attached hydrogen (secondary N) is 1. The van der Waals surface area contributed by atoms with E-state index in [0.717, 1.165) is 38.3 Å². The second kappa shape index (κ2) is 5.17. The molecule has 0 bridgehead atoms. The van der Waals surface area contributed by atoms with Crippen LogP contribution in [0.2, 0.25) is 0 Å². The Hall–Kier alpha value is -1.01. The van der Waals surface area contributed by atoms with E-state index < -0.39 is 0 Å². The van der Waals surface area contributed by atoms with Gasteiger partial charge in [0.2, 0.25) is 0 Å². The van der Waals surface area contributed by atoms with E-state index in [1.54, 1.807) is 0 Å². The Morgan fingerprint density at radius 1 is 1.26 bits per heavy atom. The van der Waals surface area contributed by atoms with Crippen LogP contribution in [0.1, 0.15) is 46.4 Å². The van der Waals surface area contributed by atoms with Crippen molar-refractivity contribution >= 4 is 0 Å². The van der Waals surface area contributed by atoms with Crippen molar-refractivity contribution in [2.45, 2.75) is 58.2 Å². The van der Waals surface area contributed by atoms with E-state index in [0.29, 0.717) is 0 Å². The molecule has 0 aliphatic carbocycles. The van der Waals surface area contributed by atoms with Gasteiger partial charge in [-0.2, -0.15) is 4.80 Å². The van der Waals surface area contributed by atoms with Crippen LogP contribution < -0.4 is 5.32 Å². The van der Waals surface area contributed by atoms with Crippen LogP contribution in [0, 0.1) is 0 Å². The van der Waals surface area contributed by atoms with Gasteiger partial charge in [0.05, 0.1) is 13.6 Å². The van der Waals surface area contributed by atoms with Crippen molar-refractivity contribution in [2.75, 3.05) is 13.1 Å². The van der Waals surface area contributed by atoms with Crippen molar-refractivity contribution in [1.82, 2.24) is 30.4 Å². The average Bonchev–Trinajstić information content (AvgIpc) is 2.78. The standard InChI is InChI=1S/C13H26N6/c1-6-13(7-2)10-19(12(3,4)9-14-13)8-11-15-17-18(5)16-11/h14H,6-10H2,1-5H3. The number of hydrogen-bond acceptors (Lipinski definition) is 5. The van der Waals surface area contributed by atoms with Crippen molar-refractivity contribution < 1.29 is 0 Å². The summed E-state index contributed by atoms with van der Waals surface area (Å²) in [5, 5.41) is 16.1. The van der Waals surface area contributed by atoms with Crippen LogP contribution in [-0.4, -0.2) is 49.3 Å². The Morgan fingerprint density at radius 2 is 1.95 bits per heavy atom. The lowest BCUT2D eigenvalue weighted by atomic mass is 9.85. The molecule has 1 aromatic rings. The topological polar surface area (TPSA) is 58.9 Å². The van der Waals surface area contributed by atoms with E-state index in [9.17, 15) is 0 Å². The summed E-state index contributed by atoms with van der Waals surface area (Å²) in [6.45, 7) is 11.9. The second-order valence-electron chi connectivity index (χ2n) is 6.20. The van der Waals surface area contributed by atoms with Gasteiger partial charge in [-0.15, -0.1) is 10.2 Å². The third kappa shape index (κ3) is 2.95. The number of aromatic nitrogens is 4. The van der Waals surface area contributed by atoms with Crippen LogP contribution in [-0.2, 0) is 13.6 Å². The van der Waals surface area contributed by atoms with Crippen molar-refractivity contribution in [3.05, 3.63) is 5.82 Å². The molecule has 1 N–H and O–H groups in total. The van der Waals surface area contributed by atoms with E-state index >= 15 is 0 Å². The minimum atomic E-state index is 0.118. The van der Waals surface area contributed by atoms with Crippen LogP contribution in [0.4, 0.5) is 0 Å². The van der Waals surface area contributed by atoms with E-state index in [4.69, 9.17) is 0 Å². The zero-order valence-electron chi connectivity index (χ0n) is 12.8. The van der Waals surface area contributed by atoms with Crippen LogP contribution in [0.3, 0.4) is 0 Å². The van der Waals surface area contributed by atoms with Gasteiger partial charge in [0.25, 0.3) is 0 Å². The molecular formula is C13H26N6. The third-order valence-electron chi connectivity index (χ3n) is 4.48. The first kappa shape index (κ1) is 14.4. The van der Waals surface area contributed by atoms with Gasteiger partial charge < -0.3 is 5.32 Å². The maximum absolute atomic E-state index is 4.30. The summed E-state index contributed by atoms with van der Waals surface area (Å²) in [6, 6.07) is 0. The summed E-state index contributed by atoms with van der Waals surface area (Å²) >= 11 is 0. The van der Waals surface area contributed by atoms with E-state index in [2.05, 4.69) is 53.3 Å². The van der Waals surface area contributed by atoms with Crippen LogP contribution in [0.15, 0.2) is 0 Å². The zero-order chi connectivity index (χ0) is 14.1. The molecular weight excluding hydrogens is 240 g/mol. The molecule has 0 saturated carbocycles. The Balaban J connectivity index is 2.14. The number of nitrogens with zero attached hydrogens (tertiary/aromatic N) is 5. The molecule has 1 aliphatic rings. The van der Waals surface area contributed by atoms with Gasteiger partial charge in [0, 0.05) is 24.2 Å². The molecule has 0 amide bonds. The Kier molecular flexibility index (Phi) is 3.92. The van der Waals surface area contributed by atoms with Crippen LogP contribution >= 0.6 is 0 Å². The highest BCUT2D eigenvalue weighted by molar-refractivity contribution is 5.01. The molecule has 0 atom stereocenters. The summed E-state index contributed by atoms with van der Waals surface area (Å²) in [4.78, 5) is 4.00. The summed E-state index contributed by atoms with van der Waals surface area (Å²) in [5.74, 6) is 0.804. The SMILES string of the molecule is CCC1(CC)CN(Cc2nnn(C)n2)C(C)(C)CN1. The molecule has 6 heteroatoms. The van der Waals surface area contributed by atoms with Crippen molar-refractivity contribution in [1.29, 1.82) is 0 Å². The monoisotopic (exact) mass is 266 g/mol. The van der Waals surface area contributed by atoms with Crippen molar-refractivity contribution in [3.8, 4) is 0 Å². The summed E-state index contributed by atoms with van der Waals surface area (Å²) < 4.78 is 0. The third-order valence-corrected chi connectivity index (χ3v) is 4.48. The van der Waals surface area contributed by atoms with Gasteiger partial charge in [-0.1, -0.05) is 13.8 Å².